The fourth-order valence-corrected chi connectivity index (χ4v) is 4.44. The van der Waals surface area contributed by atoms with E-state index in [1.807, 2.05) is 42.1 Å². The molecule has 1 aliphatic carbocycles. The molecule has 0 bridgehead atoms. The summed E-state index contributed by atoms with van der Waals surface area (Å²) in [7, 11) is 0. The SMILES string of the molecule is C[C@@H](C#N)OC(=O)c1oc2ccccc2c1CSC1CCCCC1. The van der Waals surface area contributed by atoms with Crippen molar-refractivity contribution in [2.24, 2.45) is 0 Å². The molecule has 0 amide bonds. The Balaban J connectivity index is 1.84. The van der Waals surface area contributed by atoms with Crippen molar-refractivity contribution in [3.8, 4) is 6.07 Å². The lowest BCUT2D eigenvalue weighted by Crippen LogP contribution is -2.14. The molecule has 0 aliphatic heterocycles. The summed E-state index contributed by atoms with van der Waals surface area (Å²) < 4.78 is 10.9. The highest BCUT2D eigenvalue weighted by atomic mass is 32.2. The molecule has 2 aromatic rings. The molecule has 0 radical (unpaired) electrons. The minimum atomic E-state index is -0.787. The first-order valence-electron chi connectivity index (χ1n) is 8.41. The lowest BCUT2D eigenvalue weighted by atomic mass is 10.0. The van der Waals surface area contributed by atoms with Gasteiger partial charge in [0, 0.05) is 22.0 Å². The predicted molar refractivity (Wildman–Crippen MR) is 94.9 cm³/mol. The van der Waals surface area contributed by atoms with E-state index >= 15 is 0 Å². The molecule has 0 N–H and O–H groups in total. The van der Waals surface area contributed by atoms with Crippen molar-refractivity contribution >= 4 is 28.7 Å². The number of fused-ring (bicyclic) bond motifs is 1. The van der Waals surface area contributed by atoms with Crippen molar-refractivity contribution in [3.63, 3.8) is 0 Å². The van der Waals surface area contributed by atoms with E-state index in [-0.39, 0.29) is 5.76 Å². The van der Waals surface area contributed by atoms with Crippen LogP contribution in [0.2, 0.25) is 0 Å². The molecule has 1 aliphatic rings. The average Bonchev–Trinajstić information content (AvgIpc) is 2.99. The summed E-state index contributed by atoms with van der Waals surface area (Å²) in [5.41, 5.74) is 1.57. The standard InChI is InChI=1S/C19H21NO3S/c1-13(11-20)22-19(21)18-16(12-24-14-7-3-2-4-8-14)15-9-5-6-10-17(15)23-18/h5-6,9-10,13-14H,2-4,7-8,12H2,1H3/t13-/m0/s1. The Kier molecular flexibility index (Phi) is 5.47. The molecule has 3 rings (SSSR count). The molecular weight excluding hydrogens is 322 g/mol. The second-order valence-electron chi connectivity index (χ2n) is 6.15. The quantitative estimate of drug-likeness (QED) is 0.709. The van der Waals surface area contributed by atoms with Crippen LogP contribution in [0.15, 0.2) is 28.7 Å². The van der Waals surface area contributed by atoms with Crippen LogP contribution in [0, 0.1) is 11.3 Å². The lowest BCUT2D eigenvalue weighted by Gasteiger charge is -2.20. The number of furan rings is 1. The number of ether oxygens (including phenoxy) is 1. The smallest absolute Gasteiger partial charge is 0.375 e. The fraction of sp³-hybridized carbons (Fsp3) is 0.474. The Morgan fingerprint density at radius 2 is 2.12 bits per heavy atom. The third kappa shape index (κ3) is 3.76. The van der Waals surface area contributed by atoms with Crippen LogP contribution in [0.5, 0.6) is 0 Å². The first-order chi connectivity index (χ1) is 11.7. The second-order valence-corrected chi connectivity index (χ2v) is 7.44. The third-order valence-electron chi connectivity index (χ3n) is 4.36. The van der Waals surface area contributed by atoms with E-state index in [4.69, 9.17) is 14.4 Å². The number of carbonyl (C=O) groups excluding carboxylic acids is 1. The lowest BCUT2D eigenvalue weighted by molar-refractivity contribution is 0.0400. The van der Waals surface area contributed by atoms with Crippen LogP contribution in [0.25, 0.3) is 11.0 Å². The third-order valence-corrected chi connectivity index (χ3v) is 5.76. The Morgan fingerprint density at radius 1 is 1.38 bits per heavy atom. The van der Waals surface area contributed by atoms with Gasteiger partial charge in [-0.3, -0.25) is 0 Å². The summed E-state index contributed by atoms with van der Waals surface area (Å²) in [4.78, 5) is 12.4. The Bertz CT molecular complexity index is 756. The highest BCUT2D eigenvalue weighted by Crippen LogP contribution is 2.35. The van der Waals surface area contributed by atoms with Crippen molar-refractivity contribution in [2.45, 2.75) is 56.1 Å². The van der Waals surface area contributed by atoms with E-state index in [1.165, 1.54) is 32.1 Å². The minimum Gasteiger partial charge on any atom is -0.449 e. The molecule has 0 spiro atoms. The number of rotatable bonds is 5. The van der Waals surface area contributed by atoms with Crippen molar-refractivity contribution < 1.29 is 13.9 Å². The number of hydrogen-bond acceptors (Lipinski definition) is 5. The van der Waals surface area contributed by atoms with Gasteiger partial charge in [0.1, 0.15) is 11.7 Å². The second kappa shape index (κ2) is 7.76. The van der Waals surface area contributed by atoms with Gasteiger partial charge in [-0.1, -0.05) is 37.5 Å². The van der Waals surface area contributed by atoms with E-state index in [9.17, 15) is 4.79 Å². The van der Waals surface area contributed by atoms with Crippen molar-refractivity contribution in [1.29, 1.82) is 5.26 Å². The summed E-state index contributed by atoms with van der Waals surface area (Å²) >= 11 is 1.89. The minimum absolute atomic E-state index is 0.238. The van der Waals surface area contributed by atoms with Crippen molar-refractivity contribution in [3.05, 3.63) is 35.6 Å². The number of nitrogens with zero attached hydrogens (tertiary/aromatic N) is 1. The first kappa shape index (κ1) is 16.9. The Morgan fingerprint density at radius 3 is 2.88 bits per heavy atom. The monoisotopic (exact) mass is 343 g/mol. The number of benzene rings is 1. The molecule has 1 aromatic heterocycles. The van der Waals surface area contributed by atoms with Gasteiger partial charge in [-0.25, -0.2) is 4.79 Å². The van der Waals surface area contributed by atoms with Gasteiger partial charge >= 0.3 is 5.97 Å². The summed E-state index contributed by atoms with van der Waals surface area (Å²) in [5, 5.41) is 10.5. The number of nitriles is 1. The van der Waals surface area contributed by atoms with Crippen LogP contribution in [0.1, 0.15) is 55.1 Å². The van der Waals surface area contributed by atoms with E-state index < -0.39 is 12.1 Å². The number of thioether (sulfide) groups is 1. The van der Waals surface area contributed by atoms with Crippen molar-refractivity contribution in [2.75, 3.05) is 0 Å². The van der Waals surface area contributed by atoms with Crippen molar-refractivity contribution in [1.82, 2.24) is 0 Å². The molecule has 0 unspecified atom stereocenters. The van der Waals surface area contributed by atoms with Crippen LogP contribution >= 0.6 is 11.8 Å². The normalized spacial score (nSPS) is 16.7. The maximum Gasteiger partial charge on any atom is 0.375 e. The van der Waals surface area contributed by atoms with Crippen LogP contribution in [-0.4, -0.2) is 17.3 Å². The summed E-state index contributed by atoms with van der Waals surface area (Å²) in [6.07, 6.45) is 5.60. The molecule has 24 heavy (non-hydrogen) atoms. The predicted octanol–water partition coefficient (Wildman–Crippen LogP) is 5.07. The van der Waals surface area contributed by atoms with E-state index in [0.29, 0.717) is 10.8 Å². The molecule has 1 atom stereocenters. The molecule has 5 heteroatoms. The molecule has 126 valence electrons. The molecule has 1 fully saturated rings. The first-order valence-corrected chi connectivity index (χ1v) is 9.46. The maximum atomic E-state index is 12.4. The Labute approximate surface area is 146 Å². The summed E-state index contributed by atoms with van der Waals surface area (Å²) in [5.74, 6) is 0.411. The van der Waals surface area contributed by atoms with Crippen LogP contribution in [-0.2, 0) is 10.5 Å². The van der Waals surface area contributed by atoms with Gasteiger partial charge in [-0.15, -0.1) is 0 Å². The zero-order valence-electron chi connectivity index (χ0n) is 13.8. The van der Waals surface area contributed by atoms with Gasteiger partial charge in [-0.05, 0) is 25.8 Å². The van der Waals surface area contributed by atoms with Gasteiger partial charge in [0.05, 0.1) is 0 Å². The van der Waals surface area contributed by atoms with Crippen LogP contribution in [0.3, 0.4) is 0 Å². The molecule has 0 saturated heterocycles. The highest BCUT2D eigenvalue weighted by Gasteiger charge is 2.24. The van der Waals surface area contributed by atoms with Gasteiger partial charge < -0.3 is 9.15 Å². The number of hydrogen-bond donors (Lipinski definition) is 0. The van der Waals surface area contributed by atoms with E-state index in [1.54, 1.807) is 6.92 Å². The van der Waals surface area contributed by atoms with Gasteiger partial charge in [0.15, 0.2) is 6.10 Å². The van der Waals surface area contributed by atoms with Gasteiger partial charge in [-0.2, -0.15) is 17.0 Å². The fourth-order valence-electron chi connectivity index (χ4n) is 3.08. The number of carbonyl (C=O) groups is 1. The van der Waals surface area contributed by atoms with E-state index in [2.05, 4.69) is 0 Å². The topological polar surface area (TPSA) is 63.2 Å². The van der Waals surface area contributed by atoms with E-state index in [0.717, 1.165) is 16.7 Å². The molecular formula is C19H21NO3S. The highest BCUT2D eigenvalue weighted by molar-refractivity contribution is 7.99. The average molecular weight is 343 g/mol. The number of esters is 1. The largest absolute Gasteiger partial charge is 0.449 e. The molecule has 1 aromatic carbocycles. The number of para-hydroxylation sites is 1. The Hall–Kier alpha value is -1.93. The molecule has 1 heterocycles. The zero-order valence-corrected chi connectivity index (χ0v) is 14.6. The zero-order chi connectivity index (χ0) is 16.9. The van der Waals surface area contributed by atoms with Gasteiger partial charge in [0.2, 0.25) is 5.76 Å². The maximum absolute atomic E-state index is 12.4. The van der Waals surface area contributed by atoms with Crippen LogP contribution in [0.4, 0.5) is 0 Å². The summed E-state index contributed by atoms with van der Waals surface area (Å²) in [6, 6.07) is 9.57. The molecule has 1 saturated carbocycles. The van der Waals surface area contributed by atoms with Crippen LogP contribution < -0.4 is 0 Å². The van der Waals surface area contributed by atoms with Gasteiger partial charge in [0.25, 0.3) is 0 Å². The molecule has 4 nitrogen and oxygen atoms in total. The summed E-state index contributed by atoms with van der Waals surface area (Å²) in [6.45, 7) is 1.55.